The van der Waals surface area contributed by atoms with Gasteiger partial charge in [-0.3, -0.25) is 0 Å². The second-order valence-electron chi connectivity index (χ2n) is 4.17. The van der Waals surface area contributed by atoms with Gasteiger partial charge in [0, 0.05) is 25.1 Å². The topological polar surface area (TPSA) is 96.1 Å². The zero-order chi connectivity index (χ0) is 13.4. The Morgan fingerprint density at radius 2 is 1.89 bits per heavy atom. The van der Waals surface area contributed by atoms with E-state index >= 15 is 0 Å². The van der Waals surface area contributed by atoms with Gasteiger partial charge in [-0.2, -0.15) is 0 Å². The van der Waals surface area contributed by atoms with Crippen LogP contribution in [-0.4, -0.2) is 28.2 Å². The lowest BCUT2D eigenvalue weighted by atomic mass is 10.2. The van der Waals surface area contributed by atoms with Gasteiger partial charge in [-0.15, -0.1) is 0 Å². The number of aryl methyl sites for hydroxylation is 1. The maximum atomic E-state index is 8.70. The number of nitrogens with zero attached hydrogens (tertiary/aromatic N) is 2. The summed E-state index contributed by atoms with van der Waals surface area (Å²) in [7, 11) is 0. The number of anilines is 2. The van der Waals surface area contributed by atoms with Crippen LogP contribution in [-0.2, 0) is 6.42 Å². The van der Waals surface area contributed by atoms with Crippen molar-refractivity contribution in [2.24, 2.45) is 5.84 Å². The van der Waals surface area contributed by atoms with E-state index in [0.717, 1.165) is 49.4 Å². The number of nitrogen functional groups attached to an aromatic ring is 1. The van der Waals surface area contributed by atoms with Crippen molar-refractivity contribution < 1.29 is 5.11 Å². The maximum absolute atomic E-state index is 8.70. The van der Waals surface area contributed by atoms with Crippen molar-refractivity contribution in [2.45, 2.75) is 39.5 Å². The van der Waals surface area contributed by atoms with Crippen molar-refractivity contribution in [3.63, 3.8) is 0 Å². The Hall–Kier alpha value is -1.40. The van der Waals surface area contributed by atoms with Crippen molar-refractivity contribution in [1.82, 2.24) is 9.97 Å². The molecule has 0 fully saturated rings. The molecule has 0 aromatic carbocycles. The van der Waals surface area contributed by atoms with E-state index in [1.54, 1.807) is 0 Å². The van der Waals surface area contributed by atoms with Gasteiger partial charge in [0.15, 0.2) is 0 Å². The number of unbranched alkanes of at least 4 members (excludes halogenated alkanes) is 2. The molecule has 0 atom stereocenters. The molecule has 0 saturated heterocycles. The average molecular weight is 253 g/mol. The third-order valence-electron chi connectivity index (χ3n) is 2.77. The minimum absolute atomic E-state index is 0.258. The van der Waals surface area contributed by atoms with E-state index in [0.29, 0.717) is 5.82 Å². The number of aliphatic hydroxyl groups excluding tert-OH is 1. The van der Waals surface area contributed by atoms with Crippen LogP contribution in [0.5, 0.6) is 0 Å². The highest BCUT2D eigenvalue weighted by Crippen LogP contribution is 2.19. The second kappa shape index (κ2) is 7.84. The van der Waals surface area contributed by atoms with Crippen molar-refractivity contribution in [2.75, 3.05) is 23.9 Å². The number of aromatic nitrogens is 2. The zero-order valence-electron chi connectivity index (χ0n) is 11.2. The van der Waals surface area contributed by atoms with E-state index in [4.69, 9.17) is 10.9 Å². The van der Waals surface area contributed by atoms with Crippen molar-refractivity contribution in [3.05, 3.63) is 11.4 Å². The van der Waals surface area contributed by atoms with Crippen molar-refractivity contribution >= 4 is 11.6 Å². The fourth-order valence-electron chi connectivity index (χ4n) is 1.65. The van der Waals surface area contributed by atoms with Crippen LogP contribution in [0.2, 0.25) is 0 Å². The molecule has 102 valence electrons. The minimum atomic E-state index is 0.258. The Morgan fingerprint density at radius 3 is 2.50 bits per heavy atom. The van der Waals surface area contributed by atoms with Crippen LogP contribution in [0.25, 0.3) is 0 Å². The molecule has 1 heterocycles. The molecule has 0 aliphatic carbocycles. The second-order valence-corrected chi connectivity index (χ2v) is 4.17. The molecule has 6 nitrogen and oxygen atoms in total. The summed E-state index contributed by atoms with van der Waals surface area (Å²) < 4.78 is 0. The van der Waals surface area contributed by atoms with Gasteiger partial charge in [-0.25, -0.2) is 15.8 Å². The van der Waals surface area contributed by atoms with Crippen molar-refractivity contribution in [1.29, 1.82) is 0 Å². The fraction of sp³-hybridized carbons (Fsp3) is 0.667. The summed E-state index contributed by atoms with van der Waals surface area (Å²) in [6.45, 7) is 5.04. The van der Waals surface area contributed by atoms with E-state index < -0.39 is 0 Å². The molecule has 0 amide bonds. The Labute approximate surface area is 108 Å². The van der Waals surface area contributed by atoms with Gasteiger partial charge in [-0.05, 0) is 26.2 Å². The number of aliphatic hydroxyl groups is 1. The molecule has 0 bridgehead atoms. The molecule has 0 aliphatic heterocycles. The van der Waals surface area contributed by atoms with Crippen LogP contribution >= 0.6 is 0 Å². The third-order valence-corrected chi connectivity index (χ3v) is 2.77. The number of rotatable bonds is 8. The molecule has 0 unspecified atom stereocenters. The molecule has 5 N–H and O–H groups in total. The Bertz CT molecular complexity index is 370. The van der Waals surface area contributed by atoms with Gasteiger partial charge in [0.05, 0.1) is 0 Å². The smallest absolute Gasteiger partial charge is 0.148 e. The number of hydrogen-bond donors (Lipinski definition) is 4. The highest BCUT2D eigenvalue weighted by molar-refractivity contribution is 5.56. The summed E-state index contributed by atoms with van der Waals surface area (Å²) in [4.78, 5) is 8.76. The molecule has 0 saturated carbocycles. The quantitative estimate of drug-likeness (QED) is 0.316. The molecule has 1 aromatic heterocycles. The molecular formula is C12H23N5O. The van der Waals surface area contributed by atoms with E-state index in [9.17, 15) is 0 Å². The van der Waals surface area contributed by atoms with Crippen LogP contribution in [0.1, 0.15) is 37.6 Å². The first kappa shape index (κ1) is 14.7. The molecule has 18 heavy (non-hydrogen) atoms. The molecule has 1 rings (SSSR count). The standard InChI is InChI=1S/C12H23N5O/c1-3-10-15-11(9(2)12(16-10)17-13)14-7-5-4-6-8-18/h18H,3-8,13H2,1-2H3,(H2,14,15,16,17). The van der Waals surface area contributed by atoms with Crippen LogP contribution < -0.4 is 16.6 Å². The highest BCUT2D eigenvalue weighted by atomic mass is 16.2. The van der Waals surface area contributed by atoms with Gasteiger partial charge >= 0.3 is 0 Å². The summed E-state index contributed by atoms with van der Waals surface area (Å²) in [5.74, 6) is 7.71. The normalized spacial score (nSPS) is 10.4. The summed E-state index contributed by atoms with van der Waals surface area (Å²) in [5.41, 5.74) is 3.52. The largest absolute Gasteiger partial charge is 0.396 e. The van der Waals surface area contributed by atoms with Crippen LogP contribution in [0.15, 0.2) is 0 Å². The van der Waals surface area contributed by atoms with E-state index in [2.05, 4.69) is 20.7 Å². The molecule has 6 heteroatoms. The van der Waals surface area contributed by atoms with Gasteiger partial charge in [-0.1, -0.05) is 6.92 Å². The van der Waals surface area contributed by atoms with Gasteiger partial charge in [0.2, 0.25) is 0 Å². The molecule has 0 aliphatic rings. The first-order valence-corrected chi connectivity index (χ1v) is 6.41. The van der Waals surface area contributed by atoms with Gasteiger partial charge in [0.1, 0.15) is 17.5 Å². The average Bonchev–Trinajstić information content (AvgIpc) is 2.40. The number of hydrazine groups is 1. The summed E-state index contributed by atoms with van der Waals surface area (Å²) >= 11 is 0. The Morgan fingerprint density at radius 1 is 1.17 bits per heavy atom. The maximum Gasteiger partial charge on any atom is 0.148 e. The predicted molar refractivity (Wildman–Crippen MR) is 73.4 cm³/mol. The lowest BCUT2D eigenvalue weighted by Gasteiger charge is -2.13. The van der Waals surface area contributed by atoms with Gasteiger partial charge < -0.3 is 15.8 Å². The highest BCUT2D eigenvalue weighted by Gasteiger charge is 2.08. The fourth-order valence-corrected chi connectivity index (χ4v) is 1.65. The molecule has 0 radical (unpaired) electrons. The summed E-state index contributed by atoms with van der Waals surface area (Å²) in [5, 5.41) is 12.0. The first-order valence-electron chi connectivity index (χ1n) is 6.41. The summed E-state index contributed by atoms with van der Waals surface area (Å²) in [6, 6.07) is 0. The Balaban J connectivity index is 2.63. The first-order chi connectivity index (χ1) is 8.72. The lowest BCUT2D eigenvalue weighted by Crippen LogP contribution is -2.15. The summed E-state index contributed by atoms with van der Waals surface area (Å²) in [6.07, 6.45) is 3.64. The molecule has 1 aromatic rings. The van der Waals surface area contributed by atoms with Gasteiger partial charge in [0.25, 0.3) is 0 Å². The Kier molecular flexibility index (Phi) is 6.38. The molecule has 0 spiro atoms. The van der Waals surface area contributed by atoms with Crippen LogP contribution in [0.3, 0.4) is 0 Å². The number of hydrogen-bond acceptors (Lipinski definition) is 6. The number of nitrogens with one attached hydrogen (secondary N) is 2. The van der Waals surface area contributed by atoms with Crippen molar-refractivity contribution in [3.8, 4) is 0 Å². The SMILES string of the molecule is CCc1nc(NN)c(C)c(NCCCCCO)n1. The number of nitrogens with two attached hydrogens (primary N) is 1. The zero-order valence-corrected chi connectivity index (χ0v) is 11.2. The van der Waals surface area contributed by atoms with Crippen LogP contribution in [0, 0.1) is 6.92 Å². The van der Waals surface area contributed by atoms with Crippen LogP contribution in [0.4, 0.5) is 11.6 Å². The van der Waals surface area contributed by atoms with E-state index in [1.807, 2.05) is 13.8 Å². The minimum Gasteiger partial charge on any atom is -0.396 e. The third kappa shape index (κ3) is 4.12. The lowest BCUT2D eigenvalue weighted by molar-refractivity contribution is 0.283. The van der Waals surface area contributed by atoms with E-state index in [-0.39, 0.29) is 6.61 Å². The molecular weight excluding hydrogens is 230 g/mol. The van der Waals surface area contributed by atoms with E-state index in [1.165, 1.54) is 0 Å². The monoisotopic (exact) mass is 253 g/mol. The predicted octanol–water partition coefficient (Wildman–Crippen LogP) is 1.21.